The minimum atomic E-state index is -0.465. The number of benzene rings is 1. The number of anilines is 1. The Hall–Kier alpha value is -3.46. The second-order valence-electron chi connectivity index (χ2n) is 8.17. The second-order valence-corrected chi connectivity index (χ2v) is 8.58. The third kappa shape index (κ3) is 4.68. The van der Waals surface area contributed by atoms with Crippen LogP contribution in [0.25, 0.3) is 5.69 Å². The summed E-state index contributed by atoms with van der Waals surface area (Å²) in [5.41, 5.74) is 4.51. The fourth-order valence-electron chi connectivity index (χ4n) is 4.02. The SMILES string of the molecule is Cc1ccc(-n2nc(C)c(CC(=O)N3CCN(c4ccc([N+](=O)[O-])cn4)CC3)c2C)cc1Cl. The molecule has 1 aliphatic rings. The molecular formula is C23H25ClN6O3. The van der Waals surface area contributed by atoms with Crippen molar-refractivity contribution >= 4 is 29.0 Å². The average molecular weight is 469 g/mol. The Morgan fingerprint density at radius 1 is 1.12 bits per heavy atom. The summed E-state index contributed by atoms with van der Waals surface area (Å²) in [5.74, 6) is 0.733. The summed E-state index contributed by atoms with van der Waals surface area (Å²) in [6, 6.07) is 8.90. The average Bonchev–Trinajstić information content (AvgIpc) is 3.09. The van der Waals surface area contributed by atoms with Gasteiger partial charge in [0.2, 0.25) is 5.91 Å². The first-order valence-corrected chi connectivity index (χ1v) is 11.1. The quantitative estimate of drug-likeness (QED) is 0.419. The van der Waals surface area contributed by atoms with Gasteiger partial charge in [-0.3, -0.25) is 14.9 Å². The highest BCUT2D eigenvalue weighted by atomic mass is 35.5. The van der Waals surface area contributed by atoms with Gasteiger partial charge in [0.15, 0.2) is 0 Å². The first-order valence-electron chi connectivity index (χ1n) is 10.7. The predicted octanol–water partition coefficient (Wildman–Crippen LogP) is 3.65. The van der Waals surface area contributed by atoms with Crippen LogP contribution in [0, 0.1) is 30.9 Å². The van der Waals surface area contributed by atoms with Crippen LogP contribution in [-0.2, 0) is 11.2 Å². The first-order chi connectivity index (χ1) is 15.7. The monoisotopic (exact) mass is 468 g/mol. The van der Waals surface area contributed by atoms with Gasteiger partial charge in [0, 0.05) is 48.5 Å². The number of nitro groups is 1. The molecule has 172 valence electrons. The van der Waals surface area contributed by atoms with Gasteiger partial charge in [0.05, 0.1) is 22.7 Å². The van der Waals surface area contributed by atoms with E-state index in [0.29, 0.717) is 37.0 Å². The normalized spacial score (nSPS) is 13.9. The van der Waals surface area contributed by atoms with Crippen molar-refractivity contribution < 1.29 is 9.72 Å². The van der Waals surface area contributed by atoms with Crippen LogP contribution in [0.15, 0.2) is 36.5 Å². The Morgan fingerprint density at radius 2 is 1.85 bits per heavy atom. The maximum atomic E-state index is 13.0. The van der Waals surface area contributed by atoms with Crippen molar-refractivity contribution in [2.24, 2.45) is 0 Å². The second kappa shape index (κ2) is 9.19. The summed E-state index contributed by atoms with van der Waals surface area (Å²) in [6.07, 6.45) is 1.55. The largest absolute Gasteiger partial charge is 0.353 e. The van der Waals surface area contributed by atoms with Crippen molar-refractivity contribution in [2.75, 3.05) is 31.1 Å². The number of aryl methyl sites for hydroxylation is 2. The molecular weight excluding hydrogens is 444 g/mol. The number of rotatable bonds is 5. The molecule has 0 aliphatic carbocycles. The molecule has 3 heterocycles. The van der Waals surface area contributed by atoms with Crippen molar-refractivity contribution in [2.45, 2.75) is 27.2 Å². The van der Waals surface area contributed by atoms with Gasteiger partial charge in [-0.2, -0.15) is 5.10 Å². The van der Waals surface area contributed by atoms with E-state index >= 15 is 0 Å². The van der Waals surface area contributed by atoms with E-state index in [4.69, 9.17) is 11.6 Å². The fourth-order valence-corrected chi connectivity index (χ4v) is 4.19. The van der Waals surface area contributed by atoms with Gasteiger partial charge in [-0.05, 0) is 44.5 Å². The van der Waals surface area contributed by atoms with Crippen molar-refractivity contribution in [3.63, 3.8) is 0 Å². The van der Waals surface area contributed by atoms with Crippen molar-refractivity contribution in [1.29, 1.82) is 0 Å². The van der Waals surface area contributed by atoms with Crippen LogP contribution >= 0.6 is 11.6 Å². The number of hydrogen-bond acceptors (Lipinski definition) is 6. The molecule has 33 heavy (non-hydrogen) atoms. The minimum absolute atomic E-state index is 0.0354. The molecule has 0 saturated carbocycles. The minimum Gasteiger partial charge on any atom is -0.353 e. The third-order valence-corrected chi connectivity index (χ3v) is 6.48. The summed E-state index contributed by atoms with van der Waals surface area (Å²) in [7, 11) is 0. The van der Waals surface area contributed by atoms with Gasteiger partial charge < -0.3 is 9.80 Å². The number of pyridine rings is 1. The van der Waals surface area contributed by atoms with Gasteiger partial charge in [0.25, 0.3) is 5.69 Å². The molecule has 10 heteroatoms. The summed E-state index contributed by atoms with van der Waals surface area (Å²) >= 11 is 6.29. The smallest absolute Gasteiger partial charge is 0.287 e. The molecule has 0 spiro atoms. The molecule has 3 aromatic rings. The van der Waals surface area contributed by atoms with E-state index < -0.39 is 4.92 Å². The van der Waals surface area contributed by atoms with E-state index in [1.165, 1.54) is 12.3 Å². The lowest BCUT2D eigenvalue weighted by molar-refractivity contribution is -0.385. The number of nitrogens with zero attached hydrogens (tertiary/aromatic N) is 6. The molecule has 2 aromatic heterocycles. The van der Waals surface area contributed by atoms with Crippen molar-refractivity contribution in [3.05, 3.63) is 74.2 Å². The number of carbonyl (C=O) groups excluding carboxylic acids is 1. The number of piperazine rings is 1. The Bertz CT molecular complexity index is 1200. The van der Waals surface area contributed by atoms with Gasteiger partial charge in [-0.15, -0.1) is 0 Å². The van der Waals surface area contributed by atoms with E-state index in [0.717, 1.165) is 28.2 Å². The zero-order valence-electron chi connectivity index (χ0n) is 18.8. The van der Waals surface area contributed by atoms with E-state index in [1.54, 1.807) is 6.07 Å². The summed E-state index contributed by atoms with van der Waals surface area (Å²) in [6.45, 7) is 8.21. The Labute approximate surface area is 196 Å². The van der Waals surface area contributed by atoms with E-state index in [9.17, 15) is 14.9 Å². The van der Waals surface area contributed by atoms with E-state index in [-0.39, 0.29) is 18.0 Å². The summed E-state index contributed by atoms with van der Waals surface area (Å²) < 4.78 is 1.83. The Kier molecular flexibility index (Phi) is 6.33. The van der Waals surface area contributed by atoms with E-state index in [1.807, 2.05) is 53.5 Å². The first kappa shape index (κ1) is 22.7. The van der Waals surface area contributed by atoms with Gasteiger partial charge in [-0.25, -0.2) is 9.67 Å². The van der Waals surface area contributed by atoms with Crippen LogP contribution in [0.1, 0.15) is 22.5 Å². The van der Waals surface area contributed by atoms with E-state index in [2.05, 4.69) is 10.1 Å². The highest BCUT2D eigenvalue weighted by Crippen LogP contribution is 2.24. The topological polar surface area (TPSA) is 97.4 Å². The molecule has 9 nitrogen and oxygen atoms in total. The molecule has 1 fully saturated rings. The predicted molar refractivity (Wildman–Crippen MR) is 126 cm³/mol. The Balaban J connectivity index is 1.41. The zero-order chi connectivity index (χ0) is 23.7. The standard InChI is InChI=1S/C23H25ClN6O3/c1-15-4-5-18(12-21(15)24)29-17(3)20(16(2)26-29)13-23(31)28-10-8-27(9-11-28)22-7-6-19(14-25-22)30(32)33/h4-7,12,14H,8-11,13H2,1-3H3. The molecule has 1 aliphatic heterocycles. The number of hydrogen-bond donors (Lipinski definition) is 0. The lowest BCUT2D eigenvalue weighted by Gasteiger charge is -2.35. The van der Waals surface area contributed by atoms with Gasteiger partial charge in [0.1, 0.15) is 12.0 Å². The maximum absolute atomic E-state index is 13.0. The van der Waals surface area contributed by atoms with Crippen LogP contribution in [0.2, 0.25) is 5.02 Å². The van der Waals surface area contributed by atoms with Crippen LogP contribution < -0.4 is 4.90 Å². The molecule has 0 atom stereocenters. The molecule has 0 N–H and O–H groups in total. The highest BCUT2D eigenvalue weighted by molar-refractivity contribution is 6.31. The van der Waals surface area contributed by atoms with Gasteiger partial charge in [-0.1, -0.05) is 17.7 Å². The molecule has 0 radical (unpaired) electrons. The number of carbonyl (C=O) groups is 1. The summed E-state index contributed by atoms with van der Waals surface area (Å²) in [5, 5.41) is 16.1. The molecule has 0 bridgehead atoms. The maximum Gasteiger partial charge on any atom is 0.287 e. The van der Waals surface area contributed by atoms with Crippen LogP contribution in [0.4, 0.5) is 11.5 Å². The lowest BCUT2D eigenvalue weighted by atomic mass is 10.1. The number of aromatic nitrogens is 3. The summed E-state index contributed by atoms with van der Waals surface area (Å²) in [4.78, 5) is 31.5. The molecule has 1 aromatic carbocycles. The highest BCUT2D eigenvalue weighted by Gasteiger charge is 2.24. The molecule has 1 saturated heterocycles. The Morgan fingerprint density at radius 3 is 2.45 bits per heavy atom. The molecule has 1 amide bonds. The van der Waals surface area contributed by atoms with Crippen molar-refractivity contribution in [3.8, 4) is 5.69 Å². The third-order valence-electron chi connectivity index (χ3n) is 6.07. The molecule has 0 unspecified atom stereocenters. The van der Waals surface area contributed by atoms with Crippen LogP contribution in [-0.4, -0.2) is 56.7 Å². The number of amides is 1. The van der Waals surface area contributed by atoms with Gasteiger partial charge >= 0.3 is 0 Å². The molecule has 4 rings (SSSR count). The van der Waals surface area contributed by atoms with Crippen LogP contribution in [0.3, 0.4) is 0 Å². The lowest BCUT2D eigenvalue weighted by Crippen LogP contribution is -2.49. The fraction of sp³-hybridized carbons (Fsp3) is 0.348. The zero-order valence-corrected chi connectivity index (χ0v) is 19.5. The number of halogens is 1. The van der Waals surface area contributed by atoms with Crippen molar-refractivity contribution in [1.82, 2.24) is 19.7 Å². The van der Waals surface area contributed by atoms with Crippen LogP contribution in [0.5, 0.6) is 0 Å².